The van der Waals surface area contributed by atoms with Gasteiger partial charge in [0, 0.05) is 50.1 Å². The van der Waals surface area contributed by atoms with Crippen LogP contribution in [0.25, 0.3) is 11.3 Å². The first kappa shape index (κ1) is 16.5. The molecular weight excluding hydrogens is 324 g/mol. The Labute approximate surface area is 153 Å². The van der Waals surface area contributed by atoms with Crippen molar-refractivity contribution in [1.82, 2.24) is 14.5 Å². The smallest absolute Gasteiger partial charge is 0.255 e. The van der Waals surface area contributed by atoms with Gasteiger partial charge in [-0.15, -0.1) is 0 Å². The molecule has 3 heterocycles. The summed E-state index contributed by atoms with van der Waals surface area (Å²) in [4.78, 5) is 23.6. The second-order valence-electron chi connectivity index (χ2n) is 6.77. The maximum atomic E-state index is 12.5. The molecule has 1 aliphatic heterocycles. The average molecular weight is 346 g/mol. The van der Waals surface area contributed by atoms with E-state index in [4.69, 9.17) is 4.98 Å². The molecule has 1 atom stereocenters. The largest absolute Gasteiger partial charge is 0.342 e. The fraction of sp³-hybridized carbons (Fsp3) is 0.286. The van der Waals surface area contributed by atoms with Crippen molar-refractivity contribution in [2.45, 2.75) is 18.8 Å². The molecule has 2 aromatic heterocycles. The molecule has 1 unspecified atom stereocenters. The summed E-state index contributed by atoms with van der Waals surface area (Å²) >= 11 is 0. The molecule has 1 aliphatic rings. The minimum atomic E-state index is -0.0383. The summed E-state index contributed by atoms with van der Waals surface area (Å²) in [6.45, 7) is 1.80. The molecule has 0 spiro atoms. The van der Waals surface area contributed by atoms with Crippen molar-refractivity contribution in [3.05, 3.63) is 76.8 Å². The summed E-state index contributed by atoms with van der Waals surface area (Å²) in [5.41, 5.74) is 2.93. The molecule has 5 heteroatoms. The fourth-order valence-electron chi connectivity index (χ4n) is 3.64. The number of anilines is 1. The second-order valence-corrected chi connectivity index (χ2v) is 6.77. The summed E-state index contributed by atoms with van der Waals surface area (Å²) < 4.78 is 1.65. The predicted molar refractivity (Wildman–Crippen MR) is 103 cm³/mol. The Morgan fingerprint density at radius 2 is 1.85 bits per heavy atom. The number of hydrogen-bond donors (Lipinski definition) is 0. The molecule has 0 bridgehead atoms. The van der Waals surface area contributed by atoms with Gasteiger partial charge < -0.3 is 4.90 Å². The average Bonchev–Trinajstić information content (AvgIpc) is 2.71. The van der Waals surface area contributed by atoms with Gasteiger partial charge in [0.05, 0.1) is 5.69 Å². The van der Waals surface area contributed by atoms with Crippen molar-refractivity contribution in [2.75, 3.05) is 18.0 Å². The number of pyridine rings is 1. The van der Waals surface area contributed by atoms with E-state index in [0.29, 0.717) is 11.6 Å². The number of nitrogens with zero attached hydrogens (tertiary/aromatic N) is 4. The van der Waals surface area contributed by atoms with Crippen molar-refractivity contribution in [3.8, 4) is 11.3 Å². The Kier molecular flexibility index (Phi) is 4.52. The van der Waals surface area contributed by atoms with Crippen LogP contribution in [0.1, 0.15) is 24.3 Å². The van der Waals surface area contributed by atoms with Gasteiger partial charge in [-0.05, 0) is 30.5 Å². The molecule has 3 aromatic rings. The van der Waals surface area contributed by atoms with Gasteiger partial charge in [0.1, 0.15) is 0 Å². The van der Waals surface area contributed by atoms with Gasteiger partial charge in [0.25, 0.3) is 5.56 Å². The molecule has 0 N–H and O–H groups in total. The Morgan fingerprint density at radius 1 is 1.08 bits per heavy atom. The molecule has 132 valence electrons. The van der Waals surface area contributed by atoms with Crippen molar-refractivity contribution in [1.29, 1.82) is 0 Å². The third kappa shape index (κ3) is 3.25. The van der Waals surface area contributed by atoms with Gasteiger partial charge >= 0.3 is 0 Å². The fourth-order valence-corrected chi connectivity index (χ4v) is 3.64. The van der Waals surface area contributed by atoms with Gasteiger partial charge in [-0.3, -0.25) is 14.3 Å². The van der Waals surface area contributed by atoms with E-state index in [1.807, 2.05) is 18.2 Å². The topological polar surface area (TPSA) is 51.0 Å². The van der Waals surface area contributed by atoms with E-state index in [0.717, 1.165) is 31.0 Å². The number of rotatable bonds is 3. The minimum Gasteiger partial charge on any atom is -0.342 e. The highest BCUT2D eigenvalue weighted by Crippen LogP contribution is 2.29. The lowest BCUT2D eigenvalue weighted by molar-refractivity contribution is 0.497. The quantitative estimate of drug-likeness (QED) is 0.731. The first-order valence-corrected chi connectivity index (χ1v) is 9.01. The zero-order chi connectivity index (χ0) is 17.9. The third-order valence-corrected chi connectivity index (χ3v) is 5.06. The summed E-state index contributed by atoms with van der Waals surface area (Å²) in [6, 6.07) is 16.0. The Bertz CT molecular complexity index is 937. The van der Waals surface area contributed by atoms with Crippen LogP contribution >= 0.6 is 0 Å². The van der Waals surface area contributed by atoms with E-state index in [2.05, 4.69) is 34.1 Å². The third-order valence-electron chi connectivity index (χ3n) is 5.06. The molecule has 0 aliphatic carbocycles. The molecule has 4 rings (SSSR count). The van der Waals surface area contributed by atoms with E-state index >= 15 is 0 Å². The molecule has 1 aromatic carbocycles. The van der Waals surface area contributed by atoms with Crippen LogP contribution in [0.5, 0.6) is 0 Å². The first-order chi connectivity index (χ1) is 12.7. The Hall–Kier alpha value is -2.95. The highest BCUT2D eigenvalue weighted by Gasteiger charge is 2.24. The number of benzene rings is 1. The SMILES string of the molecule is Cn1c(N2CCCC(c3ccccc3)C2)nc(-c2ccncc2)cc1=O. The van der Waals surface area contributed by atoms with Gasteiger partial charge in [-0.2, -0.15) is 0 Å². The van der Waals surface area contributed by atoms with Crippen LogP contribution in [0.15, 0.2) is 65.7 Å². The predicted octanol–water partition coefficient (Wildman–Crippen LogP) is 3.23. The van der Waals surface area contributed by atoms with E-state index in [1.165, 1.54) is 12.0 Å². The number of piperidine rings is 1. The van der Waals surface area contributed by atoms with E-state index in [9.17, 15) is 4.79 Å². The highest BCUT2D eigenvalue weighted by molar-refractivity contribution is 5.59. The van der Waals surface area contributed by atoms with Crippen molar-refractivity contribution in [2.24, 2.45) is 7.05 Å². The monoisotopic (exact) mass is 346 g/mol. The standard InChI is InChI=1S/C21H22N4O/c1-24-20(26)14-19(17-9-11-22-12-10-17)23-21(24)25-13-5-8-18(15-25)16-6-3-2-4-7-16/h2-4,6-7,9-12,14,18H,5,8,13,15H2,1H3. The summed E-state index contributed by atoms with van der Waals surface area (Å²) in [7, 11) is 1.80. The molecule has 5 nitrogen and oxygen atoms in total. The molecule has 0 radical (unpaired) electrons. The van der Waals surface area contributed by atoms with Crippen molar-refractivity contribution < 1.29 is 0 Å². The van der Waals surface area contributed by atoms with Gasteiger partial charge in [-0.1, -0.05) is 30.3 Å². The highest BCUT2D eigenvalue weighted by atomic mass is 16.1. The molecule has 26 heavy (non-hydrogen) atoms. The summed E-state index contributed by atoms with van der Waals surface area (Å²) in [5.74, 6) is 1.20. The van der Waals surface area contributed by atoms with E-state index < -0.39 is 0 Å². The number of hydrogen-bond acceptors (Lipinski definition) is 4. The normalized spacial score (nSPS) is 17.3. The van der Waals surface area contributed by atoms with Crippen LogP contribution in [0.2, 0.25) is 0 Å². The van der Waals surface area contributed by atoms with Crippen LogP contribution in [0.3, 0.4) is 0 Å². The molecule has 0 saturated carbocycles. The van der Waals surface area contributed by atoms with Crippen LogP contribution in [-0.2, 0) is 7.05 Å². The summed E-state index contributed by atoms with van der Waals surface area (Å²) in [6.07, 6.45) is 5.70. The first-order valence-electron chi connectivity index (χ1n) is 9.01. The molecule has 1 saturated heterocycles. The van der Waals surface area contributed by atoms with Crippen LogP contribution in [0.4, 0.5) is 5.95 Å². The van der Waals surface area contributed by atoms with Gasteiger partial charge in [0.15, 0.2) is 0 Å². The minimum absolute atomic E-state index is 0.0383. The lowest BCUT2D eigenvalue weighted by Gasteiger charge is -2.34. The molecule has 0 amide bonds. The van der Waals surface area contributed by atoms with Gasteiger partial charge in [-0.25, -0.2) is 4.98 Å². The maximum Gasteiger partial charge on any atom is 0.255 e. The van der Waals surface area contributed by atoms with Crippen LogP contribution in [-0.4, -0.2) is 27.6 Å². The summed E-state index contributed by atoms with van der Waals surface area (Å²) in [5, 5.41) is 0. The zero-order valence-electron chi connectivity index (χ0n) is 14.9. The molecule has 1 fully saturated rings. The molecular formula is C21H22N4O. The lowest BCUT2D eigenvalue weighted by atomic mass is 9.91. The second kappa shape index (κ2) is 7.12. The Balaban J connectivity index is 1.68. The van der Waals surface area contributed by atoms with Gasteiger partial charge in [0.2, 0.25) is 5.95 Å². The van der Waals surface area contributed by atoms with E-state index in [1.54, 1.807) is 30.1 Å². The van der Waals surface area contributed by atoms with E-state index in [-0.39, 0.29) is 5.56 Å². The Morgan fingerprint density at radius 3 is 2.62 bits per heavy atom. The maximum absolute atomic E-state index is 12.5. The van der Waals surface area contributed by atoms with Crippen molar-refractivity contribution in [3.63, 3.8) is 0 Å². The van der Waals surface area contributed by atoms with Crippen LogP contribution < -0.4 is 10.5 Å². The van der Waals surface area contributed by atoms with Crippen molar-refractivity contribution >= 4 is 5.95 Å². The zero-order valence-corrected chi connectivity index (χ0v) is 14.9. The van der Waals surface area contributed by atoms with Crippen LogP contribution in [0, 0.1) is 0 Å². The lowest BCUT2D eigenvalue weighted by Crippen LogP contribution is -2.38. The number of aromatic nitrogens is 3.